The summed E-state index contributed by atoms with van der Waals surface area (Å²) >= 11 is 0. The molecule has 2 aromatic rings. The summed E-state index contributed by atoms with van der Waals surface area (Å²) in [4.78, 5) is 0. The van der Waals surface area contributed by atoms with Crippen LogP contribution in [0, 0.1) is 5.82 Å². The summed E-state index contributed by atoms with van der Waals surface area (Å²) in [5, 5.41) is 9.72. The molecule has 0 bridgehead atoms. The lowest BCUT2D eigenvalue weighted by atomic mass is 10.1. The van der Waals surface area contributed by atoms with Gasteiger partial charge in [-0.2, -0.15) is 0 Å². The first-order chi connectivity index (χ1) is 11.5. The Balaban J connectivity index is 2.41. The Kier molecular flexibility index (Phi) is 5.52. The smallest absolute Gasteiger partial charge is 0.203 e. The molecule has 0 fully saturated rings. The Labute approximate surface area is 139 Å². The van der Waals surface area contributed by atoms with E-state index in [2.05, 4.69) is 0 Å². The zero-order valence-corrected chi connectivity index (χ0v) is 13.9. The molecule has 0 aromatic heterocycles. The standard InChI is InChI=1S/C18H19FO5/c1-21-13-8-7-12(16(19)17(13)20)6-5-11-9-14(22-2)18(24-4)15(10-11)23-3/h5-10,20H,1-4H3/b6-5+. The van der Waals surface area contributed by atoms with Crippen LogP contribution >= 0.6 is 0 Å². The lowest BCUT2D eigenvalue weighted by molar-refractivity contribution is 0.324. The van der Waals surface area contributed by atoms with Crippen LogP contribution in [0.5, 0.6) is 28.7 Å². The van der Waals surface area contributed by atoms with Crippen LogP contribution in [0.4, 0.5) is 4.39 Å². The third kappa shape index (κ3) is 3.37. The molecule has 0 spiro atoms. The first-order valence-corrected chi connectivity index (χ1v) is 7.09. The van der Waals surface area contributed by atoms with E-state index in [1.165, 1.54) is 46.6 Å². The van der Waals surface area contributed by atoms with Crippen LogP contribution in [0.1, 0.15) is 11.1 Å². The Bertz CT molecular complexity index is 730. The monoisotopic (exact) mass is 334 g/mol. The van der Waals surface area contributed by atoms with Crippen LogP contribution in [-0.4, -0.2) is 33.5 Å². The van der Waals surface area contributed by atoms with Crippen molar-refractivity contribution >= 4 is 12.2 Å². The van der Waals surface area contributed by atoms with Gasteiger partial charge in [-0.1, -0.05) is 12.2 Å². The minimum Gasteiger partial charge on any atom is -0.502 e. The zero-order valence-electron chi connectivity index (χ0n) is 13.9. The molecule has 0 amide bonds. The number of aromatic hydroxyl groups is 1. The van der Waals surface area contributed by atoms with Gasteiger partial charge in [-0.05, 0) is 29.8 Å². The van der Waals surface area contributed by atoms with Gasteiger partial charge in [0, 0.05) is 5.56 Å². The molecular weight excluding hydrogens is 315 g/mol. The Hall–Kier alpha value is -2.89. The molecule has 0 saturated heterocycles. The second kappa shape index (κ2) is 7.59. The summed E-state index contributed by atoms with van der Waals surface area (Å²) in [6.45, 7) is 0. The van der Waals surface area contributed by atoms with Gasteiger partial charge in [0.25, 0.3) is 0 Å². The highest BCUT2D eigenvalue weighted by molar-refractivity contribution is 5.74. The van der Waals surface area contributed by atoms with E-state index >= 15 is 0 Å². The van der Waals surface area contributed by atoms with E-state index in [4.69, 9.17) is 18.9 Å². The fraction of sp³-hybridized carbons (Fsp3) is 0.222. The molecule has 0 aliphatic carbocycles. The molecule has 0 unspecified atom stereocenters. The summed E-state index contributed by atoms with van der Waals surface area (Å²) in [7, 11) is 5.92. The molecule has 0 radical (unpaired) electrons. The van der Waals surface area contributed by atoms with Gasteiger partial charge >= 0.3 is 0 Å². The molecule has 24 heavy (non-hydrogen) atoms. The Morgan fingerprint density at radius 2 is 1.42 bits per heavy atom. The molecule has 0 atom stereocenters. The van der Waals surface area contributed by atoms with E-state index in [0.717, 1.165) is 5.56 Å². The van der Waals surface area contributed by atoms with Crippen LogP contribution in [0.3, 0.4) is 0 Å². The second-order valence-corrected chi connectivity index (χ2v) is 4.81. The van der Waals surface area contributed by atoms with Crippen molar-refractivity contribution in [1.29, 1.82) is 0 Å². The average Bonchev–Trinajstić information content (AvgIpc) is 2.61. The average molecular weight is 334 g/mol. The van der Waals surface area contributed by atoms with Gasteiger partial charge in [0.05, 0.1) is 28.4 Å². The van der Waals surface area contributed by atoms with E-state index < -0.39 is 11.6 Å². The predicted molar refractivity (Wildman–Crippen MR) is 89.6 cm³/mol. The highest BCUT2D eigenvalue weighted by atomic mass is 19.1. The normalized spacial score (nSPS) is 10.7. The molecule has 1 N–H and O–H groups in total. The number of ether oxygens (including phenoxy) is 4. The van der Waals surface area contributed by atoms with Crippen molar-refractivity contribution in [1.82, 2.24) is 0 Å². The summed E-state index contributed by atoms with van der Waals surface area (Å²) in [6, 6.07) is 6.48. The highest BCUT2D eigenvalue weighted by Gasteiger charge is 2.13. The van der Waals surface area contributed by atoms with Crippen molar-refractivity contribution in [3.8, 4) is 28.7 Å². The fourth-order valence-corrected chi connectivity index (χ4v) is 2.24. The third-order valence-corrected chi connectivity index (χ3v) is 3.47. The summed E-state index contributed by atoms with van der Waals surface area (Å²) in [5.74, 6) is 0.273. The lowest BCUT2D eigenvalue weighted by Crippen LogP contribution is -1.95. The van der Waals surface area contributed by atoms with Crippen LogP contribution in [-0.2, 0) is 0 Å². The molecule has 0 aliphatic heterocycles. The number of methoxy groups -OCH3 is 4. The second-order valence-electron chi connectivity index (χ2n) is 4.81. The fourth-order valence-electron chi connectivity index (χ4n) is 2.24. The maximum atomic E-state index is 14.1. The van der Waals surface area contributed by atoms with Gasteiger partial charge in [-0.3, -0.25) is 0 Å². The minimum atomic E-state index is -0.752. The molecule has 0 heterocycles. The van der Waals surface area contributed by atoms with Gasteiger partial charge in [0.2, 0.25) is 5.75 Å². The van der Waals surface area contributed by atoms with Gasteiger partial charge < -0.3 is 24.1 Å². The van der Waals surface area contributed by atoms with Gasteiger partial charge in [-0.25, -0.2) is 4.39 Å². The Morgan fingerprint density at radius 1 is 0.833 bits per heavy atom. The largest absolute Gasteiger partial charge is 0.502 e. The molecule has 6 heteroatoms. The molecule has 128 valence electrons. The van der Waals surface area contributed by atoms with E-state index in [-0.39, 0.29) is 11.3 Å². The maximum Gasteiger partial charge on any atom is 0.203 e. The summed E-state index contributed by atoms with van der Waals surface area (Å²) in [6.07, 6.45) is 3.21. The zero-order chi connectivity index (χ0) is 17.7. The summed E-state index contributed by atoms with van der Waals surface area (Å²) < 4.78 is 34.8. The minimum absolute atomic E-state index is 0.0810. The third-order valence-electron chi connectivity index (χ3n) is 3.47. The number of benzene rings is 2. The van der Waals surface area contributed by atoms with Gasteiger partial charge in [0.1, 0.15) is 0 Å². The SMILES string of the molecule is COc1ccc(/C=C/c2cc(OC)c(OC)c(OC)c2)c(F)c1O. The first-order valence-electron chi connectivity index (χ1n) is 7.09. The Morgan fingerprint density at radius 3 is 1.92 bits per heavy atom. The topological polar surface area (TPSA) is 57.2 Å². The number of phenolic OH excluding ortho intramolecular Hbond substituents is 1. The highest BCUT2D eigenvalue weighted by Crippen LogP contribution is 2.39. The molecule has 2 aromatic carbocycles. The predicted octanol–water partition coefficient (Wildman–Crippen LogP) is 3.74. The molecular formula is C18H19FO5. The van der Waals surface area contributed by atoms with Crippen LogP contribution < -0.4 is 18.9 Å². The van der Waals surface area contributed by atoms with Crippen molar-refractivity contribution < 1.29 is 28.4 Å². The van der Waals surface area contributed by atoms with E-state index in [9.17, 15) is 9.50 Å². The van der Waals surface area contributed by atoms with Gasteiger partial charge in [-0.15, -0.1) is 0 Å². The summed E-state index contributed by atoms with van der Waals surface area (Å²) in [5.41, 5.74) is 0.946. The number of hydrogen-bond acceptors (Lipinski definition) is 5. The van der Waals surface area contributed by atoms with Gasteiger partial charge in [0.15, 0.2) is 28.8 Å². The van der Waals surface area contributed by atoms with E-state index in [1.807, 2.05) is 0 Å². The van der Waals surface area contributed by atoms with Crippen LogP contribution in [0.15, 0.2) is 24.3 Å². The number of phenols is 1. The molecule has 2 rings (SSSR count). The van der Waals surface area contributed by atoms with Crippen molar-refractivity contribution in [2.45, 2.75) is 0 Å². The first kappa shape index (κ1) is 17.5. The van der Waals surface area contributed by atoms with Crippen LogP contribution in [0.2, 0.25) is 0 Å². The molecule has 5 nitrogen and oxygen atoms in total. The van der Waals surface area contributed by atoms with E-state index in [1.54, 1.807) is 18.2 Å². The molecule has 0 aliphatic rings. The number of hydrogen-bond donors (Lipinski definition) is 1. The number of halogens is 1. The molecule has 0 saturated carbocycles. The maximum absolute atomic E-state index is 14.1. The van der Waals surface area contributed by atoms with Crippen molar-refractivity contribution in [2.24, 2.45) is 0 Å². The lowest BCUT2D eigenvalue weighted by Gasteiger charge is -2.12. The number of rotatable bonds is 6. The van der Waals surface area contributed by atoms with Crippen molar-refractivity contribution in [2.75, 3.05) is 28.4 Å². The van der Waals surface area contributed by atoms with Crippen molar-refractivity contribution in [3.05, 3.63) is 41.2 Å². The van der Waals surface area contributed by atoms with Crippen molar-refractivity contribution in [3.63, 3.8) is 0 Å². The van der Waals surface area contributed by atoms with Crippen LogP contribution in [0.25, 0.3) is 12.2 Å². The van der Waals surface area contributed by atoms with E-state index in [0.29, 0.717) is 17.2 Å². The quantitative estimate of drug-likeness (QED) is 0.816.